The number of hydrogen-bond acceptors (Lipinski definition) is 7. The molecule has 0 bridgehead atoms. The Kier molecular flexibility index (Phi) is 4.52. The van der Waals surface area contributed by atoms with Crippen LogP contribution in [0.1, 0.15) is 32.6 Å². The van der Waals surface area contributed by atoms with E-state index in [1.54, 1.807) is 31.2 Å². The highest BCUT2D eigenvalue weighted by Gasteiger charge is 2.34. The molecule has 0 unspecified atom stereocenters. The van der Waals surface area contributed by atoms with Gasteiger partial charge in [-0.15, -0.1) is 10.2 Å². The first-order chi connectivity index (χ1) is 11.6. The van der Waals surface area contributed by atoms with Crippen molar-refractivity contribution in [2.45, 2.75) is 13.3 Å². The summed E-state index contributed by atoms with van der Waals surface area (Å²) in [4.78, 5) is 37.0. The van der Waals surface area contributed by atoms with Crippen molar-refractivity contribution >= 4 is 34.4 Å². The third kappa shape index (κ3) is 3.11. The van der Waals surface area contributed by atoms with Crippen LogP contribution in [0.4, 0.5) is 9.93 Å². The van der Waals surface area contributed by atoms with E-state index in [0.717, 1.165) is 0 Å². The summed E-state index contributed by atoms with van der Waals surface area (Å²) in [6, 6.07) is 6.74. The molecule has 0 saturated carbocycles. The molecule has 2 heterocycles. The number of aromatic nitrogens is 2. The van der Waals surface area contributed by atoms with Crippen LogP contribution >= 0.6 is 11.3 Å². The third-order valence-corrected chi connectivity index (χ3v) is 4.28. The van der Waals surface area contributed by atoms with Crippen molar-refractivity contribution in [3.63, 3.8) is 0 Å². The van der Waals surface area contributed by atoms with E-state index < -0.39 is 6.09 Å². The molecule has 0 saturated heterocycles. The molecular weight excluding hydrogens is 332 g/mol. The Morgan fingerprint density at radius 2 is 1.88 bits per heavy atom. The summed E-state index contributed by atoms with van der Waals surface area (Å²) in [7, 11) is 0. The molecule has 24 heavy (non-hydrogen) atoms. The van der Waals surface area contributed by atoms with Crippen LogP contribution in [0.5, 0.6) is 0 Å². The van der Waals surface area contributed by atoms with Gasteiger partial charge in [0.1, 0.15) is 5.01 Å². The third-order valence-electron chi connectivity index (χ3n) is 3.38. The van der Waals surface area contributed by atoms with Gasteiger partial charge >= 0.3 is 6.09 Å². The van der Waals surface area contributed by atoms with Gasteiger partial charge in [0.15, 0.2) is 0 Å². The number of benzene rings is 1. The van der Waals surface area contributed by atoms with Crippen molar-refractivity contribution in [2.24, 2.45) is 0 Å². The van der Waals surface area contributed by atoms with Gasteiger partial charge in [-0.3, -0.25) is 19.8 Å². The van der Waals surface area contributed by atoms with Crippen LogP contribution in [-0.4, -0.2) is 46.2 Å². The first kappa shape index (κ1) is 16.1. The molecule has 0 atom stereocenters. The maximum Gasteiger partial charge on any atom is 0.413 e. The summed E-state index contributed by atoms with van der Waals surface area (Å²) in [6.45, 7) is 2.17. The lowest BCUT2D eigenvalue weighted by atomic mass is 10.1. The summed E-state index contributed by atoms with van der Waals surface area (Å²) >= 11 is 1.17. The zero-order valence-electron chi connectivity index (χ0n) is 12.8. The SMILES string of the molecule is CCOC(=O)Nc1nnc(CCN2C(=O)c3ccccc3C2=O)s1. The van der Waals surface area contributed by atoms with Gasteiger partial charge in [0.05, 0.1) is 17.7 Å². The molecule has 0 radical (unpaired) electrons. The minimum Gasteiger partial charge on any atom is -0.450 e. The van der Waals surface area contributed by atoms with E-state index in [1.807, 2.05) is 0 Å². The van der Waals surface area contributed by atoms with Crippen molar-refractivity contribution in [3.8, 4) is 0 Å². The van der Waals surface area contributed by atoms with Crippen LogP contribution < -0.4 is 5.32 Å². The summed E-state index contributed by atoms with van der Waals surface area (Å²) in [5, 5.41) is 11.1. The normalized spacial score (nSPS) is 13.1. The Morgan fingerprint density at radius 3 is 2.50 bits per heavy atom. The highest BCUT2D eigenvalue weighted by molar-refractivity contribution is 7.15. The Morgan fingerprint density at radius 1 is 1.21 bits per heavy atom. The molecule has 0 spiro atoms. The minimum absolute atomic E-state index is 0.209. The number of amides is 3. The molecule has 9 heteroatoms. The molecule has 1 aromatic heterocycles. The highest BCUT2D eigenvalue weighted by Crippen LogP contribution is 2.23. The number of nitrogens with one attached hydrogen (secondary N) is 1. The predicted octanol–water partition coefficient (Wildman–Crippen LogP) is 1.95. The minimum atomic E-state index is -0.597. The van der Waals surface area contributed by atoms with Gasteiger partial charge in [0.25, 0.3) is 11.8 Å². The molecule has 1 aliphatic heterocycles. The lowest BCUT2D eigenvalue weighted by molar-refractivity contribution is 0.0656. The average Bonchev–Trinajstić information content (AvgIpc) is 3.10. The van der Waals surface area contributed by atoms with Crippen LogP contribution in [0.2, 0.25) is 0 Å². The zero-order valence-corrected chi connectivity index (χ0v) is 13.6. The van der Waals surface area contributed by atoms with Crippen LogP contribution in [0.25, 0.3) is 0 Å². The molecule has 0 fully saturated rings. The van der Waals surface area contributed by atoms with E-state index in [2.05, 4.69) is 15.5 Å². The smallest absolute Gasteiger partial charge is 0.413 e. The van der Waals surface area contributed by atoms with Crippen LogP contribution in [0.3, 0.4) is 0 Å². The quantitative estimate of drug-likeness (QED) is 0.830. The van der Waals surface area contributed by atoms with E-state index in [9.17, 15) is 14.4 Å². The van der Waals surface area contributed by atoms with Crippen molar-refractivity contribution in [3.05, 3.63) is 40.4 Å². The molecule has 1 aromatic carbocycles. The fraction of sp³-hybridized carbons (Fsp3) is 0.267. The van der Waals surface area contributed by atoms with Crippen LogP contribution in [0, 0.1) is 0 Å². The molecule has 1 aliphatic rings. The van der Waals surface area contributed by atoms with Crippen LogP contribution in [-0.2, 0) is 11.2 Å². The Bertz CT molecular complexity index is 769. The largest absolute Gasteiger partial charge is 0.450 e. The lowest BCUT2D eigenvalue weighted by Crippen LogP contribution is -2.31. The number of carbonyl (C=O) groups excluding carboxylic acids is 3. The molecule has 124 valence electrons. The van der Waals surface area contributed by atoms with E-state index in [1.165, 1.54) is 16.2 Å². The maximum absolute atomic E-state index is 12.2. The second kappa shape index (κ2) is 6.75. The number of ether oxygens (including phenoxy) is 1. The van der Waals surface area contributed by atoms with Gasteiger partial charge in [-0.1, -0.05) is 23.5 Å². The van der Waals surface area contributed by atoms with Gasteiger partial charge < -0.3 is 4.74 Å². The summed E-state index contributed by atoms with van der Waals surface area (Å²) < 4.78 is 4.75. The molecular formula is C15H14N4O4S. The fourth-order valence-electron chi connectivity index (χ4n) is 2.31. The molecule has 0 aliphatic carbocycles. The topological polar surface area (TPSA) is 101 Å². The predicted molar refractivity (Wildman–Crippen MR) is 86.1 cm³/mol. The summed E-state index contributed by atoms with van der Waals surface area (Å²) in [5.41, 5.74) is 0.842. The van der Waals surface area contributed by atoms with Crippen molar-refractivity contribution in [2.75, 3.05) is 18.5 Å². The monoisotopic (exact) mass is 346 g/mol. The molecule has 3 amide bonds. The van der Waals surface area contributed by atoms with Crippen molar-refractivity contribution < 1.29 is 19.1 Å². The standard InChI is InChI=1S/C15H14N4O4S/c1-2-23-15(22)16-14-18-17-11(24-14)7-8-19-12(20)9-5-3-4-6-10(9)13(19)21/h3-6H,2,7-8H2,1H3,(H,16,18,22). The molecule has 1 N–H and O–H groups in total. The Balaban J connectivity index is 1.61. The van der Waals surface area contributed by atoms with Crippen molar-refractivity contribution in [1.29, 1.82) is 0 Å². The highest BCUT2D eigenvalue weighted by atomic mass is 32.1. The maximum atomic E-state index is 12.2. The molecule has 3 rings (SSSR count). The average molecular weight is 346 g/mol. The van der Waals surface area contributed by atoms with Gasteiger partial charge in [-0.05, 0) is 19.1 Å². The summed E-state index contributed by atoms with van der Waals surface area (Å²) in [5.74, 6) is -0.602. The Hall–Kier alpha value is -2.81. The lowest BCUT2D eigenvalue weighted by Gasteiger charge is -2.12. The number of rotatable bonds is 5. The number of carbonyl (C=O) groups is 3. The van der Waals surface area contributed by atoms with Crippen LogP contribution in [0.15, 0.2) is 24.3 Å². The van der Waals surface area contributed by atoms with Gasteiger partial charge in [0.2, 0.25) is 5.13 Å². The zero-order chi connectivity index (χ0) is 17.1. The van der Waals surface area contributed by atoms with E-state index in [0.29, 0.717) is 27.7 Å². The number of anilines is 1. The van der Waals surface area contributed by atoms with E-state index in [4.69, 9.17) is 4.74 Å². The van der Waals surface area contributed by atoms with Gasteiger partial charge in [-0.2, -0.15) is 0 Å². The van der Waals surface area contributed by atoms with Crippen molar-refractivity contribution in [1.82, 2.24) is 15.1 Å². The van der Waals surface area contributed by atoms with Gasteiger partial charge in [0, 0.05) is 13.0 Å². The van der Waals surface area contributed by atoms with Gasteiger partial charge in [-0.25, -0.2) is 4.79 Å². The first-order valence-electron chi connectivity index (χ1n) is 7.31. The number of nitrogens with zero attached hydrogens (tertiary/aromatic N) is 3. The second-order valence-corrected chi connectivity index (χ2v) is 5.97. The Labute approximate surface area is 141 Å². The number of hydrogen-bond donors (Lipinski definition) is 1. The summed E-state index contributed by atoms with van der Waals surface area (Å²) in [6.07, 6.45) is -0.228. The number of imide groups is 1. The number of fused-ring (bicyclic) bond motifs is 1. The first-order valence-corrected chi connectivity index (χ1v) is 8.13. The molecule has 2 aromatic rings. The second-order valence-electron chi connectivity index (χ2n) is 4.90. The van der Waals surface area contributed by atoms with E-state index >= 15 is 0 Å². The van der Waals surface area contributed by atoms with E-state index in [-0.39, 0.29) is 25.0 Å². The molecule has 8 nitrogen and oxygen atoms in total. The fourth-order valence-corrected chi connectivity index (χ4v) is 3.02.